The van der Waals surface area contributed by atoms with E-state index in [4.69, 9.17) is 5.73 Å². The molecule has 0 unspecified atom stereocenters. The van der Waals surface area contributed by atoms with Crippen LogP contribution in [0.2, 0.25) is 0 Å². The van der Waals surface area contributed by atoms with Gasteiger partial charge in [-0.05, 0) is 24.1 Å². The normalized spacial score (nSPS) is 9.69. The quantitative estimate of drug-likeness (QED) is 0.678. The Bertz CT molecular complexity index is 321. The number of carbonyl (C=O) groups excluding carboxylic acids is 1. The van der Waals surface area contributed by atoms with Crippen molar-refractivity contribution in [2.24, 2.45) is 0 Å². The second-order valence-corrected chi connectivity index (χ2v) is 2.95. The molecule has 0 atom stereocenters. The minimum absolute atomic E-state index is 0.0800. The molecule has 0 bridgehead atoms. The van der Waals surface area contributed by atoms with Gasteiger partial charge in [0, 0.05) is 18.3 Å². The van der Waals surface area contributed by atoms with Gasteiger partial charge in [-0.2, -0.15) is 0 Å². The molecule has 0 heterocycles. The number of nitrogens with two attached hydrogens (primary N) is 1. The molecule has 0 fully saturated rings. The summed E-state index contributed by atoms with van der Waals surface area (Å²) in [4.78, 5) is 10.7. The summed E-state index contributed by atoms with van der Waals surface area (Å²) in [6, 6.07) is 5.57. The average Bonchev–Trinajstić information content (AvgIpc) is 2.03. The summed E-state index contributed by atoms with van der Waals surface area (Å²) in [6.45, 7) is 3.52. The smallest absolute Gasteiger partial charge is 0.221 e. The van der Waals surface area contributed by atoms with E-state index in [2.05, 4.69) is 5.32 Å². The molecule has 0 spiro atoms. The van der Waals surface area contributed by atoms with Gasteiger partial charge in [0.1, 0.15) is 0 Å². The maximum absolute atomic E-state index is 10.7. The minimum Gasteiger partial charge on any atom is -0.398 e. The molecule has 1 amide bonds. The van der Waals surface area contributed by atoms with Gasteiger partial charge in [-0.15, -0.1) is 0 Å². The van der Waals surface area contributed by atoms with E-state index < -0.39 is 0 Å². The van der Waals surface area contributed by atoms with E-state index in [9.17, 15) is 4.79 Å². The van der Waals surface area contributed by atoms with Crippen LogP contribution in [-0.4, -0.2) is 5.91 Å². The van der Waals surface area contributed by atoms with Gasteiger partial charge in [0.05, 0.1) is 0 Å². The molecule has 0 aromatic heterocycles. The zero-order valence-corrected chi connectivity index (χ0v) is 7.92. The molecule has 3 heteroatoms. The monoisotopic (exact) mass is 178 g/mol. The van der Waals surface area contributed by atoms with Crippen molar-refractivity contribution in [1.82, 2.24) is 0 Å². The first kappa shape index (κ1) is 9.58. The molecule has 13 heavy (non-hydrogen) atoms. The van der Waals surface area contributed by atoms with Crippen LogP contribution >= 0.6 is 0 Å². The van der Waals surface area contributed by atoms with Gasteiger partial charge in [-0.3, -0.25) is 4.79 Å². The molecule has 0 aliphatic carbocycles. The van der Waals surface area contributed by atoms with E-state index in [0.29, 0.717) is 0 Å². The molecular formula is C10H14N2O. The predicted octanol–water partition coefficient (Wildman–Crippen LogP) is 1.79. The highest BCUT2D eigenvalue weighted by atomic mass is 16.1. The largest absolute Gasteiger partial charge is 0.398 e. The highest BCUT2D eigenvalue weighted by Gasteiger charge is 1.99. The van der Waals surface area contributed by atoms with Gasteiger partial charge in [0.15, 0.2) is 0 Å². The summed E-state index contributed by atoms with van der Waals surface area (Å²) < 4.78 is 0. The number of nitrogens with one attached hydrogen (secondary N) is 1. The number of anilines is 2. The highest BCUT2D eigenvalue weighted by molar-refractivity contribution is 5.89. The molecule has 0 aliphatic heterocycles. The topological polar surface area (TPSA) is 55.1 Å². The van der Waals surface area contributed by atoms with Gasteiger partial charge in [0.2, 0.25) is 5.91 Å². The lowest BCUT2D eigenvalue weighted by Gasteiger charge is -2.06. The second kappa shape index (κ2) is 3.94. The molecule has 3 N–H and O–H groups in total. The molecule has 3 nitrogen and oxygen atoms in total. The van der Waals surface area contributed by atoms with Crippen LogP contribution in [0.1, 0.15) is 19.4 Å². The third-order valence-corrected chi connectivity index (χ3v) is 1.85. The Morgan fingerprint density at radius 1 is 1.54 bits per heavy atom. The van der Waals surface area contributed by atoms with Crippen LogP contribution in [0.25, 0.3) is 0 Å². The van der Waals surface area contributed by atoms with Crippen LogP contribution in [-0.2, 0) is 11.2 Å². The standard InChI is InChI=1S/C10H14N2O/c1-3-8-4-5-9(6-10(8)11)12-7(2)13/h4-6H,3,11H2,1-2H3,(H,12,13). The number of benzene rings is 1. The molecule has 1 aromatic rings. The van der Waals surface area contributed by atoms with Crippen molar-refractivity contribution < 1.29 is 4.79 Å². The molecule has 70 valence electrons. The van der Waals surface area contributed by atoms with Crippen molar-refractivity contribution in [2.45, 2.75) is 20.3 Å². The lowest BCUT2D eigenvalue weighted by Crippen LogP contribution is -2.06. The lowest BCUT2D eigenvalue weighted by molar-refractivity contribution is -0.114. The third-order valence-electron chi connectivity index (χ3n) is 1.85. The molecule has 1 rings (SSSR count). The molecule has 1 aromatic carbocycles. The number of nitrogen functional groups attached to an aromatic ring is 1. The molecule has 0 aliphatic rings. The maximum atomic E-state index is 10.7. The Morgan fingerprint density at radius 3 is 2.69 bits per heavy atom. The number of hydrogen-bond donors (Lipinski definition) is 2. The predicted molar refractivity (Wildman–Crippen MR) is 54.5 cm³/mol. The fourth-order valence-electron chi connectivity index (χ4n) is 1.20. The number of hydrogen-bond acceptors (Lipinski definition) is 2. The highest BCUT2D eigenvalue weighted by Crippen LogP contribution is 2.18. The van der Waals surface area contributed by atoms with Crippen LogP contribution in [0.5, 0.6) is 0 Å². The van der Waals surface area contributed by atoms with Gasteiger partial charge in [-0.1, -0.05) is 13.0 Å². The van der Waals surface area contributed by atoms with Crippen LogP contribution in [0, 0.1) is 0 Å². The first-order valence-electron chi connectivity index (χ1n) is 4.29. The van der Waals surface area contributed by atoms with Gasteiger partial charge < -0.3 is 11.1 Å². The summed E-state index contributed by atoms with van der Waals surface area (Å²) in [5, 5.41) is 2.68. The average molecular weight is 178 g/mol. The van der Waals surface area contributed by atoms with Crippen LogP contribution in [0.15, 0.2) is 18.2 Å². The number of aryl methyl sites for hydroxylation is 1. The Balaban J connectivity index is 2.89. The number of amides is 1. The zero-order chi connectivity index (χ0) is 9.84. The van der Waals surface area contributed by atoms with Crippen LogP contribution in [0.4, 0.5) is 11.4 Å². The summed E-state index contributed by atoms with van der Waals surface area (Å²) in [5.74, 6) is -0.0800. The van der Waals surface area contributed by atoms with E-state index in [1.54, 1.807) is 6.07 Å². The number of rotatable bonds is 2. The van der Waals surface area contributed by atoms with Crippen molar-refractivity contribution in [3.63, 3.8) is 0 Å². The molecule has 0 saturated heterocycles. The van der Waals surface area contributed by atoms with Crippen molar-refractivity contribution >= 4 is 17.3 Å². The maximum Gasteiger partial charge on any atom is 0.221 e. The Labute approximate surface area is 77.9 Å². The molecule has 0 saturated carbocycles. The van der Waals surface area contributed by atoms with Crippen molar-refractivity contribution in [1.29, 1.82) is 0 Å². The Morgan fingerprint density at radius 2 is 2.23 bits per heavy atom. The summed E-state index contributed by atoms with van der Waals surface area (Å²) in [6.07, 6.45) is 0.909. The first-order chi connectivity index (χ1) is 6.13. The number of carbonyl (C=O) groups is 1. The zero-order valence-electron chi connectivity index (χ0n) is 7.92. The van der Waals surface area contributed by atoms with E-state index in [0.717, 1.165) is 23.4 Å². The fourth-order valence-corrected chi connectivity index (χ4v) is 1.20. The van der Waals surface area contributed by atoms with Crippen molar-refractivity contribution in [3.8, 4) is 0 Å². The summed E-state index contributed by atoms with van der Waals surface area (Å²) in [5.41, 5.74) is 8.34. The third kappa shape index (κ3) is 2.47. The minimum atomic E-state index is -0.0800. The van der Waals surface area contributed by atoms with Gasteiger partial charge >= 0.3 is 0 Å². The van der Waals surface area contributed by atoms with Crippen LogP contribution < -0.4 is 11.1 Å². The summed E-state index contributed by atoms with van der Waals surface area (Å²) >= 11 is 0. The van der Waals surface area contributed by atoms with E-state index in [1.165, 1.54) is 6.92 Å². The lowest BCUT2D eigenvalue weighted by atomic mass is 10.1. The Kier molecular flexibility index (Phi) is 2.90. The van der Waals surface area contributed by atoms with Crippen LogP contribution in [0.3, 0.4) is 0 Å². The second-order valence-electron chi connectivity index (χ2n) is 2.95. The van der Waals surface area contributed by atoms with Crippen molar-refractivity contribution in [2.75, 3.05) is 11.1 Å². The van der Waals surface area contributed by atoms with Crippen molar-refractivity contribution in [3.05, 3.63) is 23.8 Å². The van der Waals surface area contributed by atoms with E-state index in [1.807, 2.05) is 19.1 Å². The molecule has 0 radical (unpaired) electrons. The molecular weight excluding hydrogens is 164 g/mol. The first-order valence-corrected chi connectivity index (χ1v) is 4.29. The van der Waals surface area contributed by atoms with E-state index >= 15 is 0 Å². The van der Waals surface area contributed by atoms with E-state index in [-0.39, 0.29) is 5.91 Å². The fraction of sp³-hybridized carbons (Fsp3) is 0.300. The van der Waals surface area contributed by atoms with Gasteiger partial charge in [0.25, 0.3) is 0 Å². The SMILES string of the molecule is CCc1ccc(NC(C)=O)cc1N. The summed E-state index contributed by atoms with van der Waals surface area (Å²) in [7, 11) is 0. The van der Waals surface area contributed by atoms with Gasteiger partial charge in [-0.25, -0.2) is 0 Å². The Hall–Kier alpha value is -1.51.